The number of hydrogen-bond acceptors (Lipinski definition) is 6. The van der Waals surface area contributed by atoms with E-state index in [9.17, 15) is 9.18 Å². The van der Waals surface area contributed by atoms with E-state index in [1.165, 1.54) is 12.1 Å². The van der Waals surface area contributed by atoms with E-state index in [-0.39, 0.29) is 17.8 Å². The number of carbonyl (C=O) groups is 1. The van der Waals surface area contributed by atoms with Crippen LogP contribution < -0.4 is 5.32 Å². The lowest BCUT2D eigenvalue weighted by atomic mass is 10.0. The normalized spacial score (nSPS) is 17.5. The molecule has 1 aliphatic rings. The standard InChI is InChI=1S/C20H21FN4O2S/c21-15-8-6-14(7-9-15)19-23-20(27-24-19)17-5-1-2-10-25(17)13-18(26)22-12-16-4-3-11-28-16/h3-4,6-9,11,17H,1-2,5,10,12-13H2,(H,22,26). The molecule has 3 heterocycles. The zero-order valence-corrected chi connectivity index (χ0v) is 16.1. The third-order valence-corrected chi connectivity index (χ3v) is 5.71. The molecule has 0 saturated carbocycles. The van der Waals surface area contributed by atoms with Gasteiger partial charge in [-0.25, -0.2) is 4.39 Å². The van der Waals surface area contributed by atoms with Gasteiger partial charge in [-0.3, -0.25) is 9.69 Å². The van der Waals surface area contributed by atoms with Crippen LogP contribution in [-0.2, 0) is 11.3 Å². The number of amides is 1. The van der Waals surface area contributed by atoms with Gasteiger partial charge in [-0.15, -0.1) is 11.3 Å². The van der Waals surface area contributed by atoms with Gasteiger partial charge < -0.3 is 9.84 Å². The number of carbonyl (C=O) groups excluding carboxylic acids is 1. The Morgan fingerprint density at radius 1 is 1.29 bits per heavy atom. The highest BCUT2D eigenvalue weighted by atomic mass is 32.1. The molecule has 8 heteroatoms. The maximum absolute atomic E-state index is 13.1. The molecule has 1 N–H and O–H groups in total. The van der Waals surface area contributed by atoms with Gasteiger partial charge in [-0.1, -0.05) is 17.6 Å². The minimum Gasteiger partial charge on any atom is -0.350 e. The van der Waals surface area contributed by atoms with Crippen molar-refractivity contribution in [1.29, 1.82) is 0 Å². The summed E-state index contributed by atoms with van der Waals surface area (Å²) in [6, 6.07) is 9.89. The molecule has 0 aliphatic carbocycles. The van der Waals surface area contributed by atoms with Crippen molar-refractivity contribution in [2.45, 2.75) is 31.8 Å². The first-order valence-electron chi connectivity index (χ1n) is 9.32. The summed E-state index contributed by atoms with van der Waals surface area (Å²) in [6.45, 7) is 1.65. The molecule has 4 rings (SSSR count). The summed E-state index contributed by atoms with van der Waals surface area (Å²) < 4.78 is 18.6. The minimum atomic E-state index is -0.306. The van der Waals surface area contributed by atoms with Crippen LogP contribution in [0.3, 0.4) is 0 Å². The Morgan fingerprint density at radius 3 is 2.93 bits per heavy atom. The van der Waals surface area contributed by atoms with Crippen LogP contribution in [0.2, 0.25) is 0 Å². The second kappa shape index (κ2) is 8.62. The summed E-state index contributed by atoms with van der Waals surface area (Å²) in [6.07, 6.45) is 2.95. The van der Waals surface area contributed by atoms with Crippen molar-refractivity contribution in [3.8, 4) is 11.4 Å². The predicted octanol–water partition coefficient (Wildman–Crippen LogP) is 3.78. The van der Waals surface area contributed by atoms with E-state index in [0.717, 1.165) is 30.7 Å². The smallest absolute Gasteiger partial charge is 0.244 e. The van der Waals surface area contributed by atoms with Crippen LogP contribution in [-0.4, -0.2) is 34.0 Å². The van der Waals surface area contributed by atoms with Crippen molar-refractivity contribution in [1.82, 2.24) is 20.4 Å². The van der Waals surface area contributed by atoms with E-state index < -0.39 is 0 Å². The lowest BCUT2D eigenvalue weighted by molar-refractivity contribution is -0.123. The van der Waals surface area contributed by atoms with Gasteiger partial charge in [0.2, 0.25) is 17.6 Å². The number of thiophene rings is 1. The third-order valence-electron chi connectivity index (χ3n) is 4.83. The Kier molecular flexibility index (Phi) is 5.78. The molecule has 1 fully saturated rings. The molecule has 0 bridgehead atoms. The Bertz CT molecular complexity index is 911. The number of nitrogens with zero attached hydrogens (tertiary/aromatic N) is 3. The van der Waals surface area contributed by atoms with Crippen LogP contribution in [0.5, 0.6) is 0 Å². The first-order chi connectivity index (χ1) is 13.7. The molecular formula is C20H21FN4O2S. The molecule has 1 aliphatic heterocycles. The number of benzene rings is 1. The molecule has 0 radical (unpaired) electrons. The highest BCUT2D eigenvalue weighted by Crippen LogP contribution is 2.30. The van der Waals surface area contributed by atoms with E-state index in [1.807, 2.05) is 17.5 Å². The van der Waals surface area contributed by atoms with Gasteiger partial charge in [0.1, 0.15) is 5.82 Å². The molecule has 28 heavy (non-hydrogen) atoms. The molecule has 1 atom stereocenters. The zero-order chi connectivity index (χ0) is 19.3. The Labute approximate surface area is 166 Å². The molecule has 1 saturated heterocycles. The summed E-state index contributed by atoms with van der Waals surface area (Å²) in [4.78, 5) is 20.1. The molecule has 6 nitrogen and oxygen atoms in total. The number of aromatic nitrogens is 2. The average molecular weight is 400 g/mol. The van der Waals surface area contributed by atoms with Crippen molar-refractivity contribution in [3.05, 3.63) is 58.4 Å². The van der Waals surface area contributed by atoms with Crippen molar-refractivity contribution < 1.29 is 13.7 Å². The summed E-state index contributed by atoms with van der Waals surface area (Å²) in [7, 11) is 0. The average Bonchev–Trinajstić information content (AvgIpc) is 3.40. The van der Waals surface area contributed by atoms with Gasteiger partial charge in [0.05, 0.1) is 19.1 Å². The maximum atomic E-state index is 13.1. The minimum absolute atomic E-state index is 0.0152. The van der Waals surface area contributed by atoms with Gasteiger partial charge >= 0.3 is 0 Å². The van der Waals surface area contributed by atoms with Gasteiger partial charge in [0, 0.05) is 10.4 Å². The third kappa shape index (κ3) is 4.45. The maximum Gasteiger partial charge on any atom is 0.244 e. The second-order valence-corrected chi connectivity index (χ2v) is 7.83. The molecule has 3 aromatic rings. The number of halogens is 1. The lowest BCUT2D eigenvalue weighted by Gasteiger charge is -2.32. The number of hydrogen-bond donors (Lipinski definition) is 1. The summed E-state index contributed by atoms with van der Waals surface area (Å²) in [5, 5.41) is 9.01. The second-order valence-electron chi connectivity index (χ2n) is 6.80. The fraction of sp³-hybridized carbons (Fsp3) is 0.350. The molecule has 2 aromatic heterocycles. The summed E-state index contributed by atoms with van der Waals surface area (Å²) >= 11 is 1.62. The van der Waals surface area contributed by atoms with Crippen molar-refractivity contribution >= 4 is 17.2 Å². The van der Waals surface area contributed by atoms with Crippen LogP contribution in [0.15, 0.2) is 46.3 Å². The predicted molar refractivity (Wildman–Crippen MR) is 104 cm³/mol. The number of nitrogens with one attached hydrogen (secondary N) is 1. The number of rotatable bonds is 6. The van der Waals surface area contributed by atoms with Crippen molar-refractivity contribution in [2.24, 2.45) is 0 Å². The zero-order valence-electron chi connectivity index (χ0n) is 15.3. The topological polar surface area (TPSA) is 71.3 Å². The molecule has 1 unspecified atom stereocenters. The number of piperidine rings is 1. The Balaban J connectivity index is 1.42. The first kappa shape index (κ1) is 18.8. The monoisotopic (exact) mass is 400 g/mol. The van der Waals surface area contributed by atoms with Crippen molar-refractivity contribution in [3.63, 3.8) is 0 Å². The van der Waals surface area contributed by atoms with Crippen LogP contribution >= 0.6 is 11.3 Å². The Hall–Kier alpha value is -2.58. The number of likely N-dealkylation sites (tertiary alicyclic amines) is 1. The molecule has 146 valence electrons. The molecule has 0 spiro atoms. The van der Waals surface area contributed by atoms with Gasteiger partial charge in [-0.2, -0.15) is 4.98 Å². The fourth-order valence-electron chi connectivity index (χ4n) is 3.39. The van der Waals surface area contributed by atoms with Gasteiger partial charge in [0.25, 0.3) is 0 Å². The largest absolute Gasteiger partial charge is 0.350 e. The quantitative estimate of drug-likeness (QED) is 0.682. The van der Waals surface area contributed by atoms with Gasteiger partial charge in [0.15, 0.2) is 0 Å². The molecular weight excluding hydrogens is 379 g/mol. The van der Waals surface area contributed by atoms with Crippen LogP contribution in [0.1, 0.15) is 36.1 Å². The van der Waals surface area contributed by atoms with E-state index in [4.69, 9.17) is 4.52 Å². The summed E-state index contributed by atoms with van der Waals surface area (Å²) in [5.41, 5.74) is 0.701. The van der Waals surface area contributed by atoms with Crippen LogP contribution in [0.4, 0.5) is 4.39 Å². The van der Waals surface area contributed by atoms with Crippen molar-refractivity contribution in [2.75, 3.05) is 13.1 Å². The van der Waals surface area contributed by atoms with E-state index in [0.29, 0.717) is 30.4 Å². The SMILES string of the molecule is O=C(CN1CCCCC1c1nc(-c2ccc(F)cc2)no1)NCc1cccs1. The molecule has 1 aromatic carbocycles. The summed E-state index contributed by atoms with van der Waals surface area (Å²) in [5.74, 6) is 0.616. The Morgan fingerprint density at radius 2 is 2.14 bits per heavy atom. The van der Waals surface area contributed by atoms with Crippen LogP contribution in [0.25, 0.3) is 11.4 Å². The lowest BCUT2D eigenvalue weighted by Crippen LogP contribution is -2.41. The van der Waals surface area contributed by atoms with Crippen LogP contribution in [0, 0.1) is 5.82 Å². The van der Waals surface area contributed by atoms with Gasteiger partial charge in [-0.05, 0) is 55.1 Å². The highest BCUT2D eigenvalue weighted by molar-refractivity contribution is 7.09. The molecule has 1 amide bonds. The fourth-order valence-corrected chi connectivity index (χ4v) is 4.03. The van der Waals surface area contributed by atoms with E-state index >= 15 is 0 Å². The van der Waals surface area contributed by atoms with E-state index in [1.54, 1.807) is 23.5 Å². The van der Waals surface area contributed by atoms with E-state index in [2.05, 4.69) is 20.4 Å². The highest BCUT2D eigenvalue weighted by Gasteiger charge is 2.30. The first-order valence-corrected chi connectivity index (χ1v) is 10.2.